The molecule has 5 heteroatoms. The largest absolute Gasteiger partial charge is 0.497 e. The Morgan fingerprint density at radius 1 is 1.07 bits per heavy atom. The molecule has 2 aromatic carbocycles. The van der Waals surface area contributed by atoms with Crippen molar-refractivity contribution >= 4 is 5.96 Å². The van der Waals surface area contributed by atoms with Crippen molar-refractivity contribution in [3.63, 3.8) is 0 Å². The number of hydrogen-bond donors (Lipinski definition) is 3. The number of nitrogens with zero attached hydrogens (tertiary/aromatic N) is 1. The molecule has 0 amide bonds. The zero-order valence-corrected chi connectivity index (χ0v) is 17.0. The summed E-state index contributed by atoms with van der Waals surface area (Å²) in [5.74, 6) is 1.64. The lowest BCUT2D eigenvalue weighted by Crippen LogP contribution is -2.52. The molecule has 1 unspecified atom stereocenters. The first-order valence-corrected chi connectivity index (χ1v) is 9.33. The van der Waals surface area contributed by atoms with E-state index >= 15 is 0 Å². The molecule has 0 aliphatic heterocycles. The number of hydrogen-bond acceptors (Lipinski definition) is 3. The highest BCUT2D eigenvalue weighted by atomic mass is 16.5. The molecular formula is C22H32N4O. The Morgan fingerprint density at radius 2 is 1.81 bits per heavy atom. The molecule has 5 nitrogen and oxygen atoms in total. The molecule has 2 aromatic rings. The number of benzene rings is 2. The summed E-state index contributed by atoms with van der Waals surface area (Å²) in [4.78, 5) is 4.32. The van der Waals surface area contributed by atoms with Crippen LogP contribution in [-0.2, 0) is 6.54 Å². The molecule has 2 rings (SSSR count). The molecule has 0 aromatic heterocycles. The van der Waals surface area contributed by atoms with Crippen LogP contribution in [0.25, 0.3) is 0 Å². The summed E-state index contributed by atoms with van der Waals surface area (Å²) >= 11 is 0. The van der Waals surface area contributed by atoms with Gasteiger partial charge in [-0.3, -0.25) is 4.99 Å². The van der Waals surface area contributed by atoms with Gasteiger partial charge >= 0.3 is 0 Å². The van der Waals surface area contributed by atoms with Crippen molar-refractivity contribution in [1.29, 1.82) is 0 Å². The minimum absolute atomic E-state index is 0.0944. The van der Waals surface area contributed by atoms with Crippen molar-refractivity contribution in [3.05, 3.63) is 65.7 Å². The SMILES string of the molecule is CN=C(NCc1cccc(OC)c1)NCC(C)(C)NC(C)c1ccccc1. The Kier molecular flexibility index (Phi) is 7.67. The van der Waals surface area contributed by atoms with E-state index in [-0.39, 0.29) is 11.6 Å². The predicted molar refractivity (Wildman–Crippen MR) is 113 cm³/mol. The lowest BCUT2D eigenvalue weighted by molar-refractivity contribution is 0.345. The Labute approximate surface area is 163 Å². The molecule has 0 saturated carbocycles. The van der Waals surface area contributed by atoms with Crippen molar-refractivity contribution in [3.8, 4) is 5.75 Å². The summed E-state index contributed by atoms with van der Waals surface area (Å²) in [6.45, 7) is 8.00. The second-order valence-corrected chi connectivity index (χ2v) is 7.29. The van der Waals surface area contributed by atoms with Crippen LogP contribution < -0.4 is 20.7 Å². The standard InChI is InChI=1S/C22H32N4O/c1-17(19-11-7-6-8-12-19)26-22(2,3)16-25-21(23-4)24-15-18-10-9-13-20(14-18)27-5/h6-14,17,26H,15-16H2,1-5H3,(H2,23,24,25). The van der Waals surface area contributed by atoms with Gasteiger partial charge in [-0.25, -0.2) is 0 Å². The fourth-order valence-electron chi connectivity index (χ4n) is 2.96. The lowest BCUT2D eigenvalue weighted by atomic mass is 10.0. The summed E-state index contributed by atoms with van der Waals surface area (Å²) in [6, 6.07) is 18.8. The van der Waals surface area contributed by atoms with Crippen LogP contribution in [0.4, 0.5) is 0 Å². The maximum absolute atomic E-state index is 5.27. The molecule has 0 heterocycles. The smallest absolute Gasteiger partial charge is 0.191 e. The van der Waals surface area contributed by atoms with E-state index in [2.05, 4.69) is 72.0 Å². The first-order chi connectivity index (χ1) is 12.9. The van der Waals surface area contributed by atoms with Gasteiger partial charge in [0, 0.05) is 31.7 Å². The number of aliphatic imine (C=N–C) groups is 1. The minimum atomic E-state index is -0.0944. The van der Waals surface area contributed by atoms with Crippen LogP contribution in [0, 0.1) is 0 Å². The number of nitrogens with one attached hydrogen (secondary N) is 3. The van der Waals surface area contributed by atoms with Crippen LogP contribution >= 0.6 is 0 Å². The van der Waals surface area contributed by atoms with Crippen LogP contribution in [-0.4, -0.2) is 32.2 Å². The van der Waals surface area contributed by atoms with Crippen molar-refractivity contribution in [2.24, 2.45) is 4.99 Å². The summed E-state index contributed by atoms with van der Waals surface area (Å²) in [7, 11) is 3.46. The van der Waals surface area contributed by atoms with Gasteiger partial charge in [-0.05, 0) is 44.0 Å². The second-order valence-electron chi connectivity index (χ2n) is 7.29. The van der Waals surface area contributed by atoms with E-state index in [9.17, 15) is 0 Å². The van der Waals surface area contributed by atoms with Gasteiger partial charge in [0.1, 0.15) is 5.75 Å². The molecule has 146 valence electrons. The fraction of sp³-hybridized carbons (Fsp3) is 0.409. The van der Waals surface area contributed by atoms with Crippen LogP contribution in [0.3, 0.4) is 0 Å². The maximum Gasteiger partial charge on any atom is 0.191 e. The van der Waals surface area contributed by atoms with Crippen LogP contribution in [0.15, 0.2) is 59.6 Å². The Hall–Kier alpha value is -2.53. The zero-order valence-electron chi connectivity index (χ0n) is 17.0. The Bertz CT molecular complexity index is 728. The summed E-state index contributed by atoms with van der Waals surface area (Å²) in [5.41, 5.74) is 2.33. The van der Waals surface area contributed by atoms with Gasteiger partial charge in [-0.2, -0.15) is 0 Å². The second kappa shape index (κ2) is 9.97. The molecule has 0 fully saturated rings. The molecule has 0 bridgehead atoms. The van der Waals surface area contributed by atoms with Gasteiger partial charge in [0.2, 0.25) is 0 Å². The molecule has 27 heavy (non-hydrogen) atoms. The van der Waals surface area contributed by atoms with E-state index in [0.717, 1.165) is 23.8 Å². The van der Waals surface area contributed by atoms with Gasteiger partial charge < -0.3 is 20.7 Å². The third-order valence-corrected chi connectivity index (χ3v) is 4.42. The Balaban J connectivity index is 1.84. The fourth-order valence-corrected chi connectivity index (χ4v) is 2.96. The first-order valence-electron chi connectivity index (χ1n) is 9.33. The molecule has 3 N–H and O–H groups in total. The first kappa shape index (κ1) is 20.8. The van der Waals surface area contributed by atoms with Crippen LogP contribution in [0.1, 0.15) is 37.9 Å². The highest BCUT2D eigenvalue weighted by molar-refractivity contribution is 5.79. The Morgan fingerprint density at radius 3 is 2.48 bits per heavy atom. The lowest BCUT2D eigenvalue weighted by Gasteiger charge is -2.31. The minimum Gasteiger partial charge on any atom is -0.497 e. The predicted octanol–water partition coefficient (Wildman–Crippen LogP) is 3.49. The quantitative estimate of drug-likeness (QED) is 0.493. The van der Waals surface area contributed by atoms with Crippen molar-refractivity contribution < 1.29 is 4.74 Å². The van der Waals surface area contributed by atoms with Crippen molar-refractivity contribution in [2.45, 2.75) is 38.9 Å². The number of methoxy groups -OCH3 is 1. The van der Waals surface area contributed by atoms with E-state index in [1.807, 2.05) is 24.3 Å². The van der Waals surface area contributed by atoms with Crippen molar-refractivity contribution in [1.82, 2.24) is 16.0 Å². The number of rotatable bonds is 8. The monoisotopic (exact) mass is 368 g/mol. The molecule has 1 atom stereocenters. The third kappa shape index (κ3) is 6.94. The molecule has 0 radical (unpaired) electrons. The van der Waals surface area contributed by atoms with Crippen LogP contribution in [0.5, 0.6) is 5.75 Å². The van der Waals surface area contributed by atoms with Gasteiger partial charge in [0.15, 0.2) is 5.96 Å². The van der Waals surface area contributed by atoms with E-state index in [1.54, 1.807) is 14.2 Å². The molecular weight excluding hydrogens is 336 g/mol. The van der Waals surface area contributed by atoms with Gasteiger partial charge in [-0.1, -0.05) is 42.5 Å². The third-order valence-electron chi connectivity index (χ3n) is 4.42. The van der Waals surface area contributed by atoms with Gasteiger partial charge in [0.25, 0.3) is 0 Å². The zero-order chi connectivity index (χ0) is 19.7. The molecule has 0 aliphatic rings. The van der Waals surface area contributed by atoms with E-state index in [1.165, 1.54) is 5.56 Å². The summed E-state index contributed by atoms with van der Waals surface area (Å²) < 4.78 is 5.27. The summed E-state index contributed by atoms with van der Waals surface area (Å²) in [6.07, 6.45) is 0. The number of guanidine groups is 1. The molecule has 0 spiro atoms. The topological polar surface area (TPSA) is 57.7 Å². The molecule has 0 saturated heterocycles. The van der Waals surface area contributed by atoms with E-state index < -0.39 is 0 Å². The number of ether oxygens (including phenoxy) is 1. The highest BCUT2D eigenvalue weighted by Gasteiger charge is 2.21. The van der Waals surface area contributed by atoms with Crippen molar-refractivity contribution in [2.75, 3.05) is 20.7 Å². The maximum atomic E-state index is 5.27. The highest BCUT2D eigenvalue weighted by Crippen LogP contribution is 2.16. The summed E-state index contributed by atoms with van der Waals surface area (Å²) in [5, 5.41) is 10.4. The van der Waals surface area contributed by atoms with Gasteiger partial charge in [0.05, 0.1) is 7.11 Å². The van der Waals surface area contributed by atoms with E-state index in [0.29, 0.717) is 6.54 Å². The van der Waals surface area contributed by atoms with Crippen LogP contribution in [0.2, 0.25) is 0 Å². The molecule has 0 aliphatic carbocycles. The van der Waals surface area contributed by atoms with E-state index in [4.69, 9.17) is 4.74 Å². The van der Waals surface area contributed by atoms with Gasteiger partial charge in [-0.15, -0.1) is 0 Å². The average molecular weight is 369 g/mol. The average Bonchev–Trinajstić information content (AvgIpc) is 2.68. The normalized spacial score (nSPS) is 13.1.